The third-order valence-corrected chi connectivity index (χ3v) is 1.91. The molecular weight excluding hydrogens is 176 g/mol. The largest absolute Gasteiger partial charge is 0.298 e. The Balaban J connectivity index is 3.16. The fourth-order valence-electron chi connectivity index (χ4n) is 1.22. The Morgan fingerprint density at radius 2 is 2.14 bits per heavy atom. The quantitative estimate of drug-likeness (QED) is 0.412. The van der Waals surface area contributed by atoms with E-state index in [4.69, 9.17) is 0 Å². The molecule has 0 aliphatic heterocycles. The summed E-state index contributed by atoms with van der Waals surface area (Å²) in [6.45, 7) is 1.91. The highest BCUT2D eigenvalue weighted by atomic mass is 16.1. The third kappa shape index (κ3) is 2.28. The van der Waals surface area contributed by atoms with Gasteiger partial charge in [0.25, 0.3) is 0 Å². The van der Waals surface area contributed by atoms with Crippen LogP contribution in [0.1, 0.15) is 21.5 Å². The van der Waals surface area contributed by atoms with Gasteiger partial charge in [-0.3, -0.25) is 4.79 Å². The van der Waals surface area contributed by atoms with Crippen molar-refractivity contribution < 1.29 is 9.59 Å². The van der Waals surface area contributed by atoms with Gasteiger partial charge >= 0.3 is 0 Å². The fraction of sp³-hybridized carbons (Fsp3) is 0.0833. The molecule has 0 fully saturated rings. The fourth-order valence-corrected chi connectivity index (χ4v) is 1.22. The molecule has 0 amide bonds. The molecule has 0 atom stereocenters. The monoisotopic (exact) mass is 186 g/mol. The van der Waals surface area contributed by atoms with Gasteiger partial charge in [0.15, 0.2) is 6.29 Å². The number of carbonyl (C=O) groups excluding carboxylic acids is 2. The van der Waals surface area contributed by atoms with Gasteiger partial charge < -0.3 is 0 Å². The van der Waals surface area contributed by atoms with Crippen LogP contribution in [0.25, 0.3) is 6.08 Å². The summed E-state index contributed by atoms with van der Waals surface area (Å²) in [6, 6.07) is 5.48. The second kappa shape index (κ2) is 4.95. The van der Waals surface area contributed by atoms with Crippen LogP contribution in [0.15, 0.2) is 30.4 Å². The summed E-state index contributed by atoms with van der Waals surface area (Å²) >= 11 is 0. The first-order valence-corrected chi connectivity index (χ1v) is 4.22. The molecule has 0 spiro atoms. The Labute approximate surface area is 82.6 Å². The zero-order chi connectivity index (χ0) is 10.4. The molecule has 0 aliphatic rings. The van der Waals surface area contributed by atoms with Gasteiger partial charge in [-0.25, -0.2) is 4.79 Å². The summed E-state index contributed by atoms with van der Waals surface area (Å²) in [6.07, 6.45) is 5.37. The number of carbonyl (C=O) groups is 1. The van der Waals surface area contributed by atoms with Crippen molar-refractivity contribution in [2.24, 2.45) is 0 Å². The number of rotatable bonds is 3. The van der Waals surface area contributed by atoms with E-state index in [1.807, 2.05) is 19.1 Å². The summed E-state index contributed by atoms with van der Waals surface area (Å²) < 4.78 is 0. The highest BCUT2D eigenvalue weighted by molar-refractivity contribution is 5.83. The minimum Gasteiger partial charge on any atom is -0.298 e. The first-order chi connectivity index (χ1) is 6.79. The lowest BCUT2D eigenvalue weighted by Crippen LogP contribution is -1.88. The first kappa shape index (κ1) is 10.2. The van der Waals surface area contributed by atoms with E-state index in [2.05, 4.69) is 0 Å². The van der Waals surface area contributed by atoms with Gasteiger partial charge in [-0.2, -0.15) is 0 Å². The lowest BCUT2D eigenvalue weighted by Gasteiger charge is -2.02. The molecule has 14 heavy (non-hydrogen) atoms. The lowest BCUT2D eigenvalue weighted by molar-refractivity contribution is 0.112. The highest BCUT2D eigenvalue weighted by Crippen LogP contribution is 2.14. The van der Waals surface area contributed by atoms with Crippen molar-refractivity contribution in [2.75, 3.05) is 0 Å². The molecule has 2 heteroatoms. The summed E-state index contributed by atoms with van der Waals surface area (Å²) in [4.78, 5) is 20.6. The predicted octanol–water partition coefficient (Wildman–Crippen LogP) is 2.21. The molecule has 0 unspecified atom stereocenters. The Morgan fingerprint density at radius 1 is 1.36 bits per heavy atom. The molecule has 0 saturated heterocycles. The van der Waals surface area contributed by atoms with Crippen LogP contribution in [0.4, 0.5) is 0 Å². The van der Waals surface area contributed by atoms with Crippen molar-refractivity contribution in [1.82, 2.24) is 0 Å². The minimum atomic E-state index is 0.626. The summed E-state index contributed by atoms with van der Waals surface area (Å²) in [7, 11) is 0. The van der Waals surface area contributed by atoms with Gasteiger partial charge in [-0.1, -0.05) is 30.4 Å². The molecule has 70 valence electrons. The van der Waals surface area contributed by atoms with Gasteiger partial charge in [0.2, 0.25) is 0 Å². The molecule has 2 nitrogen and oxygen atoms in total. The SMILES string of the molecule is Cc1cccc(C=O)c1/C=C/C=C=O. The molecule has 0 N–H and O–H groups in total. The molecule has 1 aromatic carbocycles. The molecule has 1 aromatic rings. The first-order valence-electron chi connectivity index (χ1n) is 4.22. The van der Waals surface area contributed by atoms with E-state index in [0.29, 0.717) is 5.56 Å². The van der Waals surface area contributed by atoms with Crippen molar-refractivity contribution in [2.45, 2.75) is 6.92 Å². The van der Waals surface area contributed by atoms with Crippen LogP contribution < -0.4 is 0 Å². The van der Waals surface area contributed by atoms with Crippen LogP contribution in [-0.4, -0.2) is 12.2 Å². The van der Waals surface area contributed by atoms with Crippen LogP contribution in [0.3, 0.4) is 0 Å². The molecule has 0 radical (unpaired) electrons. The van der Waals surface area contributed by atoms with Gasteiger partial charge in [-0.15, -0.1) is 0 Å². The number of aryl methyl sites for hydroxylation is 1. The van der Waals surface area contributed by atoms with Crippen LogP contribution in [0, 0.1) is 6.92 Å². The van der Waals surface area contributed by atoms with Crippen molar-refractivity contribution >= 4 is 18.3 Å². The Bertz CT molecular complexity index is 410. The Kier molecular flexibility index (Phi) is 3.59. The second-order valence-electron chi connectivity index (χ2n) is 2.84. The average Bonchev–Trinajstić information content (AvgIpc) is 2.20. The van der Waals surface area contributed by atoms with E-state index < -0.39 is 0 Å². The van der Waals surface area contributed by atoms with Crippen LogP contribution in [0.2, 0.25) is 0 Å². The number of hydrogen-bond acceptors (Lipinski definition) is 2. The molecule has 0 heterocycles. The molecule has 0 bridgehead atoms. The maximum Gasteiger partial charge on any atom is 0.150 e. The van der Waals surface area contributed by atoms with E-state index in [-0.39, 0.29) is 0 Å². The second-order valence-corrected chi connectivity index (χ2v) is 2.84. The van der Waals surface area contributed by atoms with Gasteiger partial charge in [0.1, 0.15) is 5.94 Å². The van der Waals surface area contributed by atoms with E-state index >= 15 is 0 Å². The zero-order valence-corrected chi connectivity index (χ0v) is 7.86. The maximum absolute atomic E-state index is 10.7. The lowest BCUT2D eigenvalue weighted by atomic mass is 10.0. The van der Waals surface area contributed by atoms with Crippen LogP contribution in [0.5, 0.6) is 0 Å². The Morgan fingerprint density at radius 3 is 2.79 bits per heavy atom. The molecular formula is C12H10O2. The van der Waals surface area contributed by atoms with Gasteiger partial charge in [-0.05, 0) is 18.1 Å². The maximum atomic E-state index is 10.7. The predicted molar refractivity (Wildman–Crippen MR) is 55.9 cm³/mol. The average molecular weight is 186 g/mol. The van der Waals surface area contributed by atoms with Crippen molar-refractivity contribution in [3.63, 3.8) is 0 Å². The topological polar surface area (TPSA) is 34.1 Å². The number of hydrogen-bond donors (Lipinski definition) is 0. The van der Waals surface area contributed by atoms with Crippen LogP contribution in [-0.2, 0) is 4.79 Å². The van der Waals surface area contributed by atoms with Gasteiger partial charge in [0, 0.05) is 11.6 Å². The highest BCUT2D eigenvalue weighted by Gasteiger charge is 1.99. The standard InChI is InChI=1S/C12H10O2/c1-10-5-4-6-11(9-14)12(10)7-2-3-8-13/h2-7,9H,1H3/b7-2+. The third-order valence-electron chi connectivity index (χ3n) is 1.91. The Hall–Kier alpha value is -1.92. The number of benzene rings is 1. The normalized spacial score (nSPS) is 9.79. The van der Waals surface area contributed by atoms with Crippen molar-refractivity contribution in [3.05, 3.63) is 47.0 Å². The van der Waals surface area contributed by atoms with E-state index in [1.54, 1.807) is 24.2 Å². The molecule has 0 aromatic heterocycles. The minimum absolute atomic E-state index is 0.626. The number of aldehydes is 1. The molecule has 1 rings (SSSR count). The molecule has 0 saturated carbocycles. The van der Waals surface area contributed by atoms with E-state index in [9.17, 15) is 9.59 Å². The zero-order valence-electron chi connectivity index (χ0n) is 7.86. The van der Waals surface area contributed by atoms with Crippen LogP contribution >= 0.6 is 0 Å². The summed E-state index contributed by atoms with van der Waals surface area (Å²) in [5.41, 5.74) is 2.47. The van der Waals surface area contributed by atoms with E-state index in [0.717, 1.165) is 17.4 Å². The molecule has 0 aliphatic carbocycles. The van der Waals surface area contributed by atoms with Crippen molar-refractivity contribution in [3.8, 4) is 0 Å². The smallest absolute Gasteiger partial charge is 0.150 e. The number of allylic oxidation sites excluding steroid dienone is 2. The van der Waals surface area contributed by atoms with Crippen molar-refractivity contribution in [1.29, 1.82) is 0 Å². The van der Waals surface area contributed by atoms with E-state index in [1.165, 1.54) is 6.08 Å². The summed E-state index contributed by atoms with van der Waals surface area (Å²) in [5.74, 6) is 1.64. The summed E-state index contributed by atoms with van der Waals surface area (Å²) in [5, 5.41) is 0. The van der Waals surface area contributed by atoms with Gasteiger partial charge in [0.05, 0.1) is 0 Å².